The Labute approximate surface area is 160 Å². The molecule has 7 nitrogen and oxygen atoms in total. The summed E-state index contributed by atoms with van der Waals surface area (Å²) in [7, 11) is 1.27. The molecule has 1 heterocycles. The van der Waals surface area contributed by atoms with Crippen LogP contribution in [-0.2, 0) is 22.6 Å². The van der Waals surface area contributed by atoms with Crippen molar-refractivity contribution in [1.82, 2.24) is 9.13 Å². The highest BCUT2D eigenvalue weighted by Crippen LogP contribution is 2.23. The number of carbonyl (C=O) groups excluding carboxylic acids is 2. The fraction of sp³-hybridized carbons (Fsp3) is 0.211. The van der Waals surface area contributed by atoms with E-state index in [4.69, 9.17) is 11.6 Å². The first-order valence-corrected chi connectivity index (χ1v) is 8.69. The second kappa shape index (κ2) is 7.67. The molecular formula is C19H18ClN3O4. The van der Waals surface area contributed by atoms with Crippen LogP contribution in [-0.4, -0.2) is 28.1 Å². The Hall–Kier alpha value is -3.06. The van der Waals surface area contributed by atoms with Gasteiger partial charge in [-0.25, -0.2) is 9.59 Å². The number of imidazole rings is 1. The van der Waals surface area contributed by atoms with E-state index < -0.39 is 11.9 Å². The molecule has 3 rings (SSSR count). The Balaban J connectivity index is 1.90. The minimum Gasteiger partial charge on any atom is -0.465 e. The van der Waals surface area contributed by atoms with Crippen LogP contribution in [0.2, 0.25) is 5.02 Å². The molecule has 0 unspecified atom stereocenters. The highest BCUT2D eigenvalue weighted by molar-refractivity contribution is 6.33. The second-order valence-corrected chi connectivity index (χ2v) is 6.24. The first kappa shape index (κ1) is 18.7. The van der Waals surface area contributed by atoms with E-state index in [1.165, 1.54) is 29.9 Å². The number of hydrogen-bond donors (Lipinski definition) is 1. The summed E-state index contributed by atoms with van der Waals surface area (Å²) in [5.41, 5.74) is 1.72. The highest BCUT2D eigenvalue weighted by atomic mass is 35.5. The maximum absolute atomic E-state index is 12.6. The van der Waals surface area contributed by atoms with Crippen LogP contribution in [0.1, 0.15) is 17.3 Å². The van der Waals surface area contributed by atoms with E-state index in [1.54, 1.807) is 10.6 Å². The van der Waals surface area contributed by atoms with Gasteiger partial charge in [0.05, 0.1) is 34.4 Å². The Morgan fingerprint density at radius 3 is 2.41 bits per heavy atom. The standard InChI is InChI=1S/C19H18ClN3O4/c1-3-22-15-6-4-5-7-16(15)23(19(22)26)11-17(24)21-14-10-12(18(25)27-2)8-9-13(14)20/h4-10H,3,11H2,1-2H3,(H,21,24). The third-order valence-corrected chi connectivity index (χ3v) is 4.53. The summed E-state index contributed by atoms with van der Waals surface area (Å²) in [6, 6.07) is 11.7. The molecule has 0 bridgehead atoms. The maximum atomic E-state index is 12.6. The minimum atomic E-state index is -0.538. The van der Waals surface area contributed by atoms with Crippen LogP contribution in [0.4, 0.5) is 5.69 Å². The van der Waals surface area contributed by atoms with Gasteiger partial charge in [-0.15, -0.1) is 0 Å². The number of para-hydroxylation sites is 2. The molecular weight excluding hydrogens is 370 g/mol. The van der Waals surface area contributed by atoms with Crippen LogP contribution in [0.15, 0.2) is 47.3 Å². The van der Waals surface area contributed by atoms with Gasteiger partial charge in [0, 0.05) is 6.54 Å². The Morgan fingerprint density at radius 1 is 1.11 bits per heavy atom. The van der Waals surface area contributed by atoms with Crippen LogP contribution in [0.5, 0.6) is 0 Å². The van der Waals surface area contributed by atoms with E-state index in [0.717, 1.165) is 5.52 Å². The molecule has 140 valence electrons. The normalized spacial score (nSPS) is 10.8. The third-order valence-electron chi connectivity index (χ3n) is 4.20. The number of rotatable bonds is 5. The van der Waals surface area contributed by atoms with Gasteiger partial charge in [-0.05, 0) is 37.3 Å². The smallest absolute Gasteiger partial charge is 0.337 e. The van der Waals surface area contributed by atoms with Gasteiger partial charge in [-0.2, -0.15) is 0 Å². The number of benzene rings is 2. The fourth-order valence-corrected chi connectivity index (χ4v) is 3.09. The molecule has 27 heavy (non-hydrogen) atoms. The van der Waals surface area contributed by atoms with Crippen molar-refractivity contribution >= 4 is 40.2 Å². The largest absolute Gasteiger partial charge is 0.465 e. The van der Waals surface area contributed by atoms with Crippen LogP contribution < -0.4 is 11.0 Å². The average Bonchev–Trinajstić information content (AvgIpc) is 2.94. The number of anilines is 1. The van der Waals surface area contributed by atoms with E-state index in [-0.39, 0.29) is 28.5 Å². The van der Waals surface area contributed by atoms with Crippen LogP contribution in [0, 0.1) is 0 Å². The molecule has 1 amide bonds. The van der Waals surface area contributed by atoms with Gasteiger partial charge in [0.2, 0.25) is 5.91 Å². The molecule has 0 aliphatic heterocycles. The van der Waals surface area contributed by atoms with E-state index in [2.05, 4.69) is 10.1 Å². The Kier molecular flexibility index (Phi) is 5.32. The van der Waals surface area contributed by atoms with Gasteiger partial charge in [-0.1, -0.05) is 23.7 Å². The summed E-state index contributed by atoms with van der Waals surface area (Å²) in [5.74, 6) is -0.968. The van der Waals surface area contributed by atoms with Gasteiger partial charge < -0.3 is 10.1 Å². The minimum absolute atomic E-state index is 0.175. The number of fused-ring (bicyclic) bond motifs is 1. The fourth-order valence-electron chi connectivity index (χ4n) is 2.93. The van der Waals surface area contributed by atoms with Crippen molar-refractivity contribution in [2.24, 2.45) is 0 Å². The van der Waals surface area contributed by atoms with Gasteiger partial charge in [-0.3, -0.25) is 13.9 Å². The summed E-state index contributed by atoms with van der Waals surface area (Å²) in [5, 5.41) is 2.93. The topological polar surface area (TPSA) is 82.3 Å². The SMILES string of the molecule is CCn1c(=O)n(CC(=O)Nc2cc(C(=O)OC)ccc2Cl)c2ccccc21. The number of halogens is 1. The number of aryl methyl sites for hydroxylation is 1. The molecule has 0 saturated heterocycles. The summed E-state index contributed by atoms with van der Waals surface area (Å²) in [6.07, 6.45) is 0. The van der Waals surface area contributed by atoms with Gasteiger partial charge >= 0.3 is 11.7 Å². The maximum Gasteiger partial charge on any atom is 0.337 e. The van der Waals surface area contributed by atoms with Crippen molar-refractivity contribution in [2.45, 2.75) is 20.0 Å². The second-order valence-electron chi connectivity index (χ2n) is 5.84. The molecule has 1 aromatic heterocycles. The number of amides is 1. The molecule has 0 radical (unpaired) electrons. The van der Waals surface area contributed by atoms with Crippen LogP contribution in [0.25, 0.3) is 11.0 Å². The summed E-state index contributed by atoms with van der Waals surface area (Å²) in [4.78, 5) is 36.8. The van der Waals surface area contributed by atoms with E-state index in [0.29, 0.717) is 12.1 Å². The number of hydrogen-bond acceptors (Lipinski definition) is 4. The number of carbonyl (C=O) groups is 2. The van der Waals surface area contributed by atoms with E-state index in [9.17, 15) is 14.4 Å². The summed E-state index contributed by atoms with van der Waals surface area (Å²) in [6.45, 7) is 2.20. The lowest BCUT2D eigenvalue weighted by Crippen LogP contribution is -2.29. The monoisotopic (exact) mass is 387 g/mol. The first-order valence-electron chi connectivity index (χ1n) is 8.32. The zero-order chi connectivity index (χ0) is 19.6. The van der Waals surface area contributed by atoms with E-state index in [1.807, 2.05) is 25.1 Å². The third kappa shape index (κ3) is 3.59. The zero-order valence-electron chi connectivity index (χ0n) is 14.9. The van der Waals surface area contributed by atoms with Gasteiger partial charge in [0.25, 0.3) is 0 Å². The molecule has 0 atom stereocenters. The predicted octanol–water partition coefficient (Wildman–Crippen LogP) is 2.90. The Morgan fingerprint density at radius 2 is 1.78 bits per heavy atom. The number of methoxy groups -OCH3 is 1. The molecule has 0 fully saturated rings. The van der Waals surface area contributed by atoms with Crippen molar-refractivity contribution in [1.29, 1.82) is 0 Å². The number of esters is 1. The molecule has 0 saturated carbocycles. The first-order chi connectivity index (χ1) is 13.0. The lowest BCUT2D eigenvalue weighted by atomic mass is 10.2. The van der Waals surface area contributed by atoms with Crippen molar-refractivity contribution in [3.63, 3.8) is 0 Å². The lowest BCUT2D eigenvalue weighted by Gasteiger charge is -2.09. The zero-order valence-corrected chi connectivity index (χ0v) is 15.6. The molecule has 0 aliphatic carbocycles. The highest BCUT2D eigenvalue weighted by Gasteiger charge is 2.16. The van der Waals surface area contributed by atoms with Crippen molar-refractivity contribution in [2.75, 3.05) is 12.4 Å². The van der Waals surface area contributed by atoms with Crippen molar-refractivity contribution in [3.05, 3.63) is 63.5 Å². The molecule has 0 spiro atoms. The van der Waals surface area contributed by atoms with E-state index >= 15 is 0 Å². The van der Waals surface area contributed by atoms with Crippen molar-refractivity contribution in [3.8, 4) is 0 Å². The number of aromatic nitrogens is 2. The quantitative estimate of drug-likeness (QED) is 0.682. The number of nitrogens with zero attached hydrogens (tertiary/aromatic N) is 2. The van der Waals surface area contributed by atoms with Crippen LogP contribution >= 0.6 is 11.6 Å². The number of nitrogens with one attached hydrogen (secondary N) is 1. The van der Waals surface area contributed by atoms with Crippen LogP contribution in [0.3, 0.4) is 0 Å². The predicted molar refractivity (Wildman–Crippen MR) is 103 cm³/mol. The molecule has 8 heteroatoms. The van der Waals surface area contributed by atoms with Crippen molar-refractivity contribution < 1.29 is 14.3 Å². The summed E-state index contributed by atoms with van der Waals surface area (Å²) >= 11 is 6.10. The molecule has 1 N–H and O–H groups in total. The molecule has 3 aromatic rings. The molecule has 0 aliphatic rings. The summed E-state index contributed by atoms with van der Waals surface area (Å²) < 4.78 is 7.68. The lowest BCUT2D eigenvalue weighted by molar-refractivity contribution is -0.116. The Bertz CT molecular complexity index is 1080. The van der Waals surface area contributed by atoms with Gasteiger partial charge in [0.1, 0.15) is 6.54 Å². The number of ether oxygens (including phenoxy) is 1. The average molecular weight is 388 g/mol. The van der Waals surface area contributed by atoms with Gasteiger partial charge in [0.15, 0.2) is 0 Å². The molecule has 2 aromatic carbocycles.